The number of phenols is 1. The number of hydrogen-bond acceptors (Lipinski definition) is 5. The van der Waals surface area contributed by atoms with Gasteiger partial charge in [0.1, 0.15) is 0 Å². The number of fused-ring (bicyclic) bond motifs is 3. The van der Waals surface area contributed by atoms with Crippen LogP contribution >= 0.6 is 0 Å². The van der Waals surface area contributed by atoms with Crippen molar-refractivity contribution in [1.29, 1.82) is 0 Å². The molecule has 6 heteroatoms. The van der Waals surface area contributed by atoms with E-state index in [1.165, 1.54) is 12.1 Å². The molecule has 0 aromatic heterocycles. The number of aromatic hydroxyl groups is 1. The third kappa shape index (κ3) is 3.83. The van der Waals surface area contributed by atoms with Crippen molar-refractivity contribution >= 4 is 28.2 Å². The van der Waals surface area contributed by atoms with Crippen molar-refractivity contribution in [2.75, 3.05) is 0 Å². The lowest BCUT2D eigenvalue weighted by molar-refractivity contribution is -0.127. The fourth-order valence-electron chi connectivity index (χ4n) is 4.53. The molecule has 0 spiro atoms. The Bertz CT molecular complexity index is 1500. The second kappa shape index (κ2) is 8.72. The van der Waals surface area contributed by atoms with E-state index >= 15 is 0 Å². The Balaban J connectivity index is 1.36. The number of carbonyl (C=O) groups is 3. The molecular formula is C29H23NO5. The van der Waals surface area contributed by atoms with E-state index in [0.29, 0.717) is 5.56 Å². The van der Waals surface area contributed by atoms with E-state index in [-0.39, 0.29) is 40.2 Å². The van der Waals surface area contributed by atoms with Crippen LogP contribution in [0.5, 0.6) is 11.5 Å². The molecule has 0 saturated heterocycles. The zero-order valence-corrected chi connectivity index (χ0v) is 19.2. The first-order valence-electron chi connectivity index (χ1n) is 11.4. The molecule has 0 aliphatic heterocycles. The summed E-state index contributed by atoms with van der Waals surface area (Å²) in [4.78, 5) is 38.7. The molecular weight excluding hydrogens is 442 g/mol. The molecule has 6 nitrogen and oxygen atoms in total. The van der Waals surface area contributed by atoms with E-state index in [9.17, 15) is 19.5 Å². The quantitative estimate of drug-likeness (QED) is 0.383. The number of ether oxygens (including phenoxy) is 1. The molecule has 2 unspecified atom stereocenters. The highest BCUT2D eigenvalue weighted by Crippen LogP contribution is 2.39. The Hall–Kier alpha value is -4.45. The standard InChI is InChI=1S/C29H23NO5/c1-16(19-13-7-9-18-8-3-4-10-20(18)19)30-29(34)17(2)35-24-15-14-23-25(28(24)33)27(32)22-12-6-5-11-21(22)26(23)31/h3-17,33H,1-2H3,(H,30,34). The normalized spacial score (nSPS) is 14.1. The number of benzene rings is 4. The minimum atomic E-state index is -0.960. The molecule has 0 radical (unpaired) electrons. The van der Waals surface area contributed by atoms with Gasteiger partial charge >= 0.3 is 0 Å². The van der Waals surface area contributed by atoms with E-state index in [2.05, 4.69) is 5.32 Å². The highest BCUT2D eigenvalue weighted by atomic mass is 16.5. The van der Waals surface area contributed by atoms with E-state index in [0.717, 1.165) is 16.3 Å². The van der Waals surface area contributed by atoms with Crippen LogP contribution in [-0.2, 0) is 4.79 Å². The van der Waals surface area contributed by atoms with Gasteiger partial charge < -0.3 is 15.2 Å². The summed E-state index contributed by atoms with van der Waals surface area (Å²) < 4.78 is 5.74. The first-order valence-corrected chi connectivity index (χ1v) is 11.4. The summed E-state index contributed by atoms with van der Waals surface area (Å²) in [7, 11) is 0. The lowest BCUT2D eigenvalue weighted by Gasteiger charge is -2.22. The van der Waals surface area contributed by atoms with E-state index in [1.54, 1.807) is 31.2 Å². The van der Waals surface area contributed by atoms with Crippen LogP contribution in [0.3, 0.4) is 0 Å². The van der Waals surface area contributed by atoms with Crippen LogP contribution in [0.2, 0.25) is 0 Å². The van der Waals surface area contributed by atoms with Gasteiger partial charge in [-0.05, 0) is 42.3 Å². The van der Waals surface area contributed by atoms with Crippen molar-refractivity contribution in [1.82, 2.24) is 5.32 Å². The van der Waals surface area contributed by atoms with Gasteiger partial charge in [-0.1, -0.05) is 66.7 Å². The molecule has 4 aromatic rings. The second-order valence-electron chi connectivity index (χ2n) is 8.60. The van der Waals surface area contributed by atoms with Crippen molar-refractivity contribution in [3.8, 4) is 11.5 Å². The minimum absolute atomic E-state index is 0.0373. The van der Waals surface area contributed by atoms with Crippen LogP contribution in [-0.4, -0.2) is 28.7 Å². The molecule has 0 fully saturated rings. The molecule has 5 rings (SSSR count). The summed E-state index contributed by atoms with van der Waals surface area (Å²) in [5.41, 5.74) is 1.51. The number of rotatable bonds is 5. The van der Waals surface area contributed by atoms with Crippen LogP contribution in [0.15, 0.2) is 78.9 Å². The smallest absolute Gasteiger partial charge is 0.261 e. The predicted octanol–water partition coefficient (Wildman–Crippen LogP) is 4.97. The summed E-state index contributed by atoms with van der Waals surface area (Å²) >= 11 is 0. The fraction of sp³-hybridized carbons (Fsp3) is 0.138. The van der Waals surface area contributed by atoms with E-state index in [4.69, 9.17) is 4.74 Å². The third-order valence-electron chi connectivity index (χ3n) is 6.35. The molecule has 1 aliphatic rings. The van der Waals surface area contributed by atoms with Crippen LogP contribution in [0.4, 0.5) is 0 Å². The molecule has 4 aromatic carbocycles. The second-order valence-corrected chi connectivity index (χ2v) is 8.60. The van der Waals surface area contributed by atoms with Gasteiger partial charge in [-0.2, -0.15) is 0 Å². The number of phenolic OH excluding ortho intramolecular Hbond substituents is 1. The molecule has 2 N–H and O–H groups in total. The summed E-state index contributed by atoms with van der Waals surface area (Å²) in [5, 5.41) is 15.9. The van der Waals surface area contributed by atoms with E-state index in [1.807, 2.05) is 49.4 Å². The van der Waals surface area contributed by atoms with Gasteiger partial charge in [-0.3, -0.25) is 14.4 Å². The molecule has 1 amide bonds. The van der Waals surface area contributed by atoms with Gasteiger partial charge in [0, 0.05) is 16.7 Å². The predicted molar refractivity (Wildman–Crippen MR) is 132 cm³/mol. The SMILES string of the molecule is CC(Oc1ccc2c(c1O)C(=O)c1ccccc1C2=O)C(=O)NC(C)c1cccc2ccccc12. The van der Waals surface area contributed by atoms with E-state index < -0.39 is 17.6 Å². The zero-order valence-electron chi connectivity index (χ0n) is 19.2. The van der Waals surface area contributed by atoms with Crippen molar-refractivity contribution in [2.45, 2.75) is 26.0 Å². The minimum Gasteiger partial charge on any atom is -0.504 e. The van der Waals surface area contributed by atoms with Crippen LogP contribution < -0.4 is 10.1 Å². The van der Waals surface area contributed by atoms with Gasteiger partial charge in [0.15, 0.2) is 29.2 Å². The summed E-state index contributed by atoms with van der Waals surface area (Å²) in [5.74, 6) is -1.66. The molecule has 2 atom stereocenters. The Morgan fingerprint density at radius 2 is 1.46 bits per heavy atom. The summed E-state index contributed by atoms with van der Waals surface area (Å²) in [6.07, 6.45) is -0.960. The van der Waals surface area contributed by atoms with Gasteiger partial charge in [0.2, 0.25) is 0 Å². The number of nitrogens with one attached hydrogen (secondary N) is 1. The fourth-order valence-corrected chi connectivity index (χ4v) is 4.53. The number of hydrogen-bond donors (Lipinski definition) is 2. The Morgan fingerprint density at radius 1 is 0.800 bits per heavy atom. The molecule has 0 saturated carbocycles. The topological polar surface area (TPSA) is 92.7 Å². The van der Waals surface area contributed by atoms with Crippen LogP contribution in [0.25, 0.3) is 10.8 Å². The number of carbonyl (C=O) groups excluding carboxylic acids is 3. The van der Waals surface area contributed by atoms with Gasteiger partial charge in [-0.15, -0.1) is 0 Å². The maximum atomic E-state index is 13.0. The molecule has 174 valence electrons. The number of amides is 1. The number of ketones is 2. The van der Waals surface area contributed by atoms with Crippen molar-refractivity contribution in [3.63, 3.8) is 0 Å². The highest BCUT2D eigenvalue weighted by molar-refractivity contribution is 6.29. The lowest BCUT2D eigenvalue weighted by Crippen LogP contribution is -2.37. The van der Waals surface area contributed by atoms with Crippen molar-refractivity contribution in [3.05, 3.63) is 107 Å². The lowest BCUT2D eigenvalue weighted by atomic mass is 9.83. The molecule has 35 heavy (non-hydrogen) atoms. The Morgan fingerprint density at radius 3 is 2.23 bits per heavy atom. The largest absolute Gasteiger partial charge is 0.504 e. The van der Waals surface area contributed by atoms with Gasteiger partial charge in [0.25, 0.3) is 5.91 Å². The average Bonchev–Trinajstić information content (AvgIpc) is 2.87. The summed E-state index contributed by atoms with van der Waals surface area (Å²) in [6, 6.07) is 22.9. The first kappa shape index (κ1) is 22.3. The van der Waals surface area contributed by atoms with Gasteiger partial charge in [-0.25, -0.2) is 0 Å². The maximum Gasteiger partial charge on any atom is 0.261 e. The Labute approximate surface area is 202 Å². The summed E-state index contributed by atoms with van der Waals surface area (Å²) in [6.45, 7) is 3.46. The molecule has 0 bridgehead atoms. The third-order valence-corrected chi connectivity index (χ3v) is 6.35. The van der Waals surface area contributed by atoms with Crippen molar-refractivity contribution < 1.29 is 24.2 Å². The first-order chi connectivity index (χ1) is 16.9. The Kier molecular flexibility index (Phi) is 5.57. The highest BCUT2D eigenvalue weighted by Gasteiger charge is 2.33. The van der Waals surface area contributed by atoms with Gasteiger partial charge in [0.05, 0.1) is 11.6 Å². The monoisotopic (exact) mass is 465 g/mol. The molecule has 0 heterocycles. The molecule has 1 aliphatic carbocycles. The average molecular weight is 466 g/mol. The maximum absolute atomic E-state index is 13.0. The zero-order chi connectivity index (χ0) is 24.7. The van der Waals surface area contributed by atoms with Crippen molar-refractivity contribution in [2.24, 2.45) is 0 Å². The van der Waals surface area contributed by atoms with Crippen LogP contribution in [0.1, 0.15) is 57.3 Å². The van der Waals surface area contributed by atoms with Crippen LogP contribution in [0, 0.1) is 0 Å².